The topological polar surface area (TPSA) is 58.2 Å². The molecule has 5 heteroatoms. The van der Waals surface area contributed by atoms with Crippen molar-refractivity contribution in [3.05, 3.63) is 59.4 Å². The van der Waals surface area contributed by atoms with E-state index in [2.05, 4.69) is 10.6 Å². The van der Waals surface area contributed by atoms with Gasteiger partial charge in [-0.25, -0.2) is 4.39 Å². The maximum Gasteiger partial charge on any atom is 0.258 e. The van der Waals surface area contributed by atoms with E-state index in [-0.39, 0.29) is 11.5 Å². The van der Waals surface area contributed by atoms with Gasteiger partial charge in [0.15, 0.2) is 0 Å². The highest BCUT2D eigenvalue weighted by Gasteiger charge is 2.47. The van der Waals surface area contributed by atoms with Crippen LogP contribution in [0.3, 0.4) is 0 Å². The van der Waals surface area contributed by atoms with E-state index >= 15 is 0 Å². The fourth-order valence-corrected chi connectivity index (χ4v) is 3.99. The Balaban J connectivity index is 1.65. The molecule has 0 unspecified atom stereocenters. The Morgan fingerprint density at radius 2 is 1.84 bits per heavy atom. The first-order valence-corrected chi connectivity index (χ1v) is 8.62. The van der Waals surface area contributed by atoms with Gasteiger partial charge in [0.05, 0.1) is 11.0 Å². The first-order chi connectivity index (χ1) is 12.1. The lowest BCUT2D eigenvalue weighted by Crippen LogP contribution is -2.36. The second-order valence-electron chi connectivity index (χ2n) is 6.79. The molecule has 128 valence electrons. The molecule has 1 saturated carbocycles. The number of amides is 2. The van der Waals surface area contributed by atoms with Crippen LogP contribution in [0.5, 0.6) is 0 Å². The minimum atomic E-state index is -0.554. The van der Waals surface area contributed by atoms with Crippen LogP contribution in [0, 0.1) is 5.82 Å². The third-order valence-electron chi connectivity index (χ3n) is 5.30. The molecule has 2 amide bonds. The van der Waals surface area contributed by atoms with E-state index in [4.69, 9.17) is 0 Å². The fraction of sp³-hybridized carbons (Fsp3) is 0.300. The molecule has 1 spiro atoms. The highest BCUT2D eigenvalue weighted by Crippen LogP contribution is 2.48. The van der Waals surface area contributed by atoms with Gasteiger partial charge in [0, 0.05) is 11.4 Å². The van der Waals surface area contributed by atoms with E-state index in [1.165, 1.54) is 12.1 Å². The van der Waals surface area contributed by atoms with Gasteiger partial charge in [-0.3, -0.25) is 9.59 Å². The summed E-state index contributed by atoms with van der Waals surface area (Å²) in [4.78, 5) is 24.9. The monoisotopic (exact) mass is 338 g/mol. The van der Waals surface area contributed by atoms with Crippen molar-refractivity contribution in [3.8, 4) is 0 Å². The molecule has 25 heavy (non-hydrogen) atoms. The van der Waals surface area contributed by atoms with E-state index in [0.717, 1.165) is 43.4 Å². The molecular formula is C20H19FN2O2. The zero-order chi connectivity index (χ0) is 17.4. The third-order valence-corrected chi connectivity index (χ3v) is 5.30. The third kappa shape index (κ3) is 2.60. The average molecular weight is 338 g/mol. The summed E-state index contributed by atoms with van der Waals surface area (Å²) in [5, 5.41) is 5.72. The molecule has 1 aliphatic carbocycles. The molecule has 1 heterocycles. The Bertz CT molecular complexity index is 857. The number of fused-ring (bicyclic) bond motifs is 2. The molecule has 0 saturated heterocycles. The lowest BCUT2D eigenvalue weighted by Gasteiger charge is -2.31. The maximum absolute atomic E-state index is 13.8. The van der Waals surface area contributed by atoms with Crippen LogP contribution in [0.15, 0.2) is 42.5 Å². The van der Waals surface area contributed by atoms with Gasteiger partial charge >= 0.3 is 0 Å². The number of anilines is 2. The molecule has 4 rings (SSSR count). The van der Waals surface area contributed by atoms with Crippen molar-refractivity contribution >= 4 is 23.2 Å². The van der Waals surface area contributed by atoms with Crippen molar-refractivity contribution < 1.29 is 14.0 Å². The van der Waals surface area contributed by atoms with Crippen molar-refractivity contribution in [3.63, 3.8) is 0 Å². The van der Waals surface area contributed by atoms with Gasteiger partial charge in [0.25, 0.3) is 5.91 Å². The number of halogens is 1. The fourth-order valence-electron chi connectivity index (χ4n) is 3.99. The lowest BCUT2D eigenvalue weighted by atomic mass is 9.70. The van der Waals surface area contributed by atoms with Gasteiger partial charge in [0.1, 0.15) is 5.82 Å². The molecule has 2 aromatic rings. The summed E-state index contributed by atoms with van der Waals surface area (Å²) in [5.41, 5.74) is 1.86. The number of hydrogen-bond acceptors (Lipinski definition) is 2. The SMILES string of the molecule is O=C(Nc1ccc2c(c1)C1(CCCCC1)C(=O)N2)c1ccccc1F. The van der Waals surface area contributed by atoms with Gasteiger partial charge in [-0.15, -0.1) is 0 Å². The highest BCUT2D eigenvalue weighted by atomic mass is 19.1. The summed E-state index contributed by atoms with van der Waals surface area (Å²) in [7, 11) is 0. The van der Waals surface area contributed by atoms with E-state index in [1.54, 1.807) is 18.2 Å². The zero-order valence-corrected chi connectivity index (χ0v) is 13.8. The second kappa shape index (κ2) is 5.99. The number of benzene rings is 2. The summed E-state index contributed by atoms with van der Waals surface area (Å²) in [6.45, 7) is 0. The second-order valence-corrected chi connectivity index (χ2v) is 6.79. The van der Waals surface area contributed by atoms with Gasteiger partial charge < -0.3 is 10.6 Å². The lowest BCUT2D eigenvalue weighted by molar-refractivity contribution is -0.121. The normalized spacial score (nSPS) is 17.9. The van der Waals surface area contributed by atoms with E-state index in [0.29, 0.717) is 5.69 Å². The van der Waals surface area contributed by atoms with Crippen LogP contribution < -0.4 is 10.6 Å². The van der Waals surface area contributed by atoms with Crippen LogP contribution in [0.2, 0.25) is 0 Å². The van der Waals surface area contributed by atoms with E-state index < -0.39 is 17.1 Å². The predicted octanol–water partition coefficient (Wildman–Crippen LogP) is 4.23. The molecule has 1 fully saturated rings. The number of carbonyl (C=O) groups is 2. The van der Waals surface area contributed by atoms with Crippen LogP contribution in [-0.2, 0) is 10.2 Å². The first-order valence-electron chi connectivity index (χ1n) is 8.62. The van der Waals surface area contributed by atoms with Crippen LogP contribution in [0.1, 0.15) is 48.0 Å². The van der Waals surface area contributed by atoms with Crippen LogP contribution in [0.25, 0.3) is 0 Å². The Kier molecular flexibility index (Phi) is 3.79. The van der Waals surface area contributed by atoms with Crippen molar-refractivity contribution in [2.45, 2.75) is 37.5 Å². The molecule has 2 aromatic carbocycles. The summed E-state index contributed by atoms with van der Waals surface area (Å²) in [6, 6.07) is 11.3. The Labute approximate surface area is 145 Å². The molecule has 0 atom stereocenters. The molecule has 1 aliphatic heterocycles. The Morgan fingerprint density at radius 3 is 2.60 bits per heavy atom. The number of carbonyl (C=O) groups excluding carboxylic acids is 2. The van der Waals surface area contributed by atoms with E-state index in [1.807, 2.05) is 12.1 Å². The van der Waals surface area contributed by atoms with Gasteiger partial charge in [0.2, 0.25) is 5.91 Å². The average Bonchev–Trinajstić information content (AvgIpc) is 2.88. The molecule has 0 bridgehead atoms. The number of hydrogen-bond donors (Lipinski definition) is 2. The van der Waals surface area contributed by atoms with Crippen LogP contribution in [-0.4, -0.2) is 11.8 Å². The summed E-state index contributed by atoms with van der Waals surface area (Å²) >= 11 is 0. The van der Waals surface area contributed by atoms with Crippen molar-refractivity contribution in [2.24, 2.45) is 0 Å². The van der Waals surface area contributed by atoms with Crippen LogP contribution >= 0.6 is 0 Å². The van der Waals surface area contributed by atoms with E-state index in [9.17, 15) is 14.0 Å². The summed E-state index contributed by atoms with van der Waals surface area (Å²) < 4.78 is 13.8. The van der Waals surface area contributed by atoms with Gasteiger partial charge in [-0.05, 0) is 48.7 Å². The largest absolute Gasteiger partial charge is 0.325 e. The van der Waals surface area contributed by atoms with Crippen molar-refractivity contribution in [1.82, 2.24) is 0 Å². The zero-order valence-electron chi connectivity index (χ0n) is 13.8. The minimum absolute atomic E-state index is 0.00424. The van der Waals surface area contributed by atoms with Crippen molar-refractivity contribution in [2.75, 3.05) is 10.6 Å². The highest BCUT2D eigenvalue weighted by molar-refractivity contribution is 6.08. The molecule has 2 aliphatic rings. The van der Waals surface area contributed by atoms with Gasteiger partial charge in [-0.1, -0.05) is 31.4 Å². The van der Waals surface area contributed by atoms with Crippen LogP contribution in [0.4, 0.5) is 15.8 Å². The maximum atomic E-state index is 13.8. The van der Waals surface area contributed by atoms with Gasteiger partial charge in [-0.2, -0.15) is 0 Å². The Morgan fingerprint density at radius 1 is 1.08 bits per heavy atom. The predicted molar refractivity (Wildman–Crippen MR) is 94.2 cm³/mol. The summed E-state index contributed by atoms with van der Waals surface area (Å²) in [6.07, 6.45) is 4.86. The smallest absolute Gasteiger partial charge is 0.258 e. The van der Waals surface area contributed by atoms with Crippen molar-refractivity contribution in [1.29, 1.82) is 0 Å². The first kappa shape index (κ1) is 15.8. The molecule has 4 nitrogen and oxygen atoms in total. The Hall–Kier alpha value is -2.69. The molecule has 0 aromatic heterocycles. The number of nitrogens with one attached hydrogen (secondary N) is 2. The minimum Gasteiger partial charge on any atom is -0.325 e. The standard InChI is InChI=1S/C20H19FN2O2/c21-16-7-3-2-6-14(16)18(24)22-13-8-9-17-15(12-13)20(19(25)23-17)10-4-1-5-11-20/h2-3,6-9,12H,1,4-5,10-11H2,(H,22,24)(H,23,25). The molecule has 0 radical (unpaired) electrons. The molecule has 2 N–H and O–H groups in total. The number of rotatable bonds is 2. The quantitative estimate of drug-likeness (QED) is 0.861. The molecular weight excluding hydrogens is 319 g/mol. The summed E-state index contributed by atoms with van der Waals surface area (Å²) in [5.74, 6) is -0.991.